The monoisotopic (exact) mass is 409 g/mol. The minimum Gasteiger partial charge on any atom is -0.508 e. The van der Waals surface area contributed by atoms with Gasteiger partial charge in [-0.25, -0.2) is 0 Å². The number of unbranched alkanes of at least 4 members (excludes halogenated alkanes) is 1. The number of phenols is 1. The van der Waals surface area contributed by atoms with E-state index in [2.05, 4.69) is 11.4 Å². The van der Waals surface area contributed by atoms with E-state index in [1.54, 1.807) is 18.2 Å². The molecule has 0 bridgehead atoms. The first-order chi connectivity index (χ1) is 13.0. The van der Waals surface area contributed by atoms with Crippen LogP contribution in [0.3, 0.4) is 0 Å². The molecule has 0 unspecified atom stereocenters. The van der Waals surface area contributed by atoms with Gasteiger partial charge in [0.25, 0.3) is 0 Å². The van der Waals surface area contributed by atoms with Crippen molar-refractivity contribution in [1.29, 1.82) is 0 Å². The Morgan fingerprint density at radius 3 is 2.61 bits per heavy atom. The Morgan fingerprint density at radius 2 is 1.89 bits per heavy atom. The van der Waals surface area contributed by atoms with Gasteiger partial charge in [0, 0.05) is 12.6 Å². The molecule has 0 saturated carbocycles. The summed E-state index contributed by atoms with van der Waals surface area (Å²) < 4.78 is 5.70. The first-order valence-corrected chi connectivity index (χ1v) is 9.55. The van der Waals surface area contributed by atoms with Crippen molar-refractivity contribution in [2.45, 2.75) is 45.3 Å². The van der Waals surface area contributed by atoms with E-state index in [0.717, 1.165) is 42.7 Å². The van der Waals surface area contributed by atoms with Gasteiger partial charge in [0.2, 0.25) is 0 Å². The molecule has 2 aromatic carbocycles. The maximum Gasteiger partial charge on any atom is 0.119 e. The van der Waals surface area contributed by atoms with E-state index in [4.69, 9.17) is 9.84 Å². The predicted molar refractivity (Wildman–Crippen MR) is 114 cm³/mol. The Hall–Kier alpha value is -1.79. The Balaban J connectivity index is 0.00000392. The fraction of sp³-hybridized carbons (Fsp3) is 0.455. The van der Waals surface area contributed by atoms with Crippen molar-refractivity contribution < 1.29 is 20.1 Å². The molecule has 28 heavy (non-hydrogen) atoms. The lowest BCUT2D eigenvalue weighted by Crippen LogP contribution is -2.34. The molecule has 2 aromatic rings. The molecule has 0 aliphatic heterocycles. The summed E-state index contributed by atoms with van der Waals surface area (Å²) >= 11 is 0. The molecule has 0 spiro atoms. The molecule has 0 amide bonds. The van der Waals surface area contributed by atoms with Crippen LogP contribution in [0.25, 0.3) is 0 Å². The molecule has 0 aliphatic carbocycles. The normalized spacial score (nSPS) is 12.9. The fourth-order valence-electron chi connectivity index (χ4n) is 3.01. The number of hydrogen-bond donors (Lipinski definition) is 4. The number of phenolic OH excluding ortho intramolecular Hbond substituents is 1. The van der Waals surface area contributed by atoms with E-state index in [9.17, 15) is 10.2 Å². The molecule has 156 valence electrons. The summed E-state index contributed by atoms with van der Waals surface area (Å²) in [6.07, 6.45) is 1.80. The summed E-state index contributed by atoms with van der Waals surface area (Å²) in [5.41, 5.74) is 2.87. The van der Waals surface area contributed by atoms with Gasteiger partial charge in [-0.3, -0.25) is 0 Å². The molecule has 5 nitrogen and oxygen atoms in total. The molecule has 0 aromatic heterocycles. The number of benzene rings is 2. The van der Waals surface area contributed by atoms with Gasteiger partial charge >= 0.3 is 0 Å². The Labute approximate surface area is 173 Å². The van der Waals surface area contributed by atoms with E-state index in [-0.39, 0.29) is 30.8 Å². The molecule has 2 atom stereocenters. The average molecular weight is 410 g/mol. The highest BCUT2D eigenvalue weighted by atomic mass is 35.5. The molecule has 0 fully saturated rings. The topological polar surface area (TPSA) is 82.0 Å². The number of aliphatic hydroxyl groups is 2. The first-order valence-electron chi connectivity index (χ1n) is 9.55. The summed E-state index contributed by atoms with van der Waals surface area (Å²) in [5.74, 6) is 1.06. The largest absolute Gasteiger partial charge is 0.508 e. The van der Waals surface area contributed by atoms with Crippen LogP contribution in [0.15, 0.2) is 42.5 Å². The number of aliphatic hydroxyl groups excluding tert-OH is 2. The van der Waals surface area contributed by atoms with Crippen LogP contribution in [-0.4, -0.2) is 41.1 Å². The molecular weight excluding hydrogens is 378 g/mol. The predicted octanol–water partition coefficient (Wildman–Crippen LogP) is 3.53. The number of halogens is 1. The van der Waals surface area contributed by atoms with Crippen LogP contribution < -0.4 is 10.1 Å². The number of aryl methyl sites for hydroxylation is 1. The summed E-state index contributed by atoms with van der Waals surface area (Å²) in [4.78, 5) is 0. The number of rotatable bonds is 11. The minimum absolute atomic E-state index is 0. The average Bonchev–Trinajstić information content (AvgIpc) is 2.65. The highest BCUT2D eigenvalue weighted by Crippen LogP contribution is 2.24. The lowest BCUT2D eigenvalue weighted by molar-refractivity contribution is 0.135. The Morgan fingerprint density at radius 1 is 1.11 bits per heavy atom. The second-order valence-electron chi connectivity index (χ2n) is 6.91. The smallest absolute Gasteiger partial charge is 0.119 e. The van der Waals surface area contributed by atoms with Crippen molar-refractivity contribution in [3.05, 3.63) is 59.2 Å². The van der Waals surface area contributed by atoms with Crippen molar-refractivity contribution in [2.24, 2.45) is 0 Å². The summed E-state index contributed by atoms with van der Waals surface area (Å²) in [6.45, 7) is 5.39. The van der Waals surface area contributed by atoms with E-state index in [1.165, 1.54) is 5.56 Å². The third kappa shape index (κ3) is 7.68. The molecule has 6 heteroatoms. The zero-order valence-corrected chi connectivity index (χ0v) is 17.4. The van der Waals surface area contributed by atoms with Crippen LogP contribution in [0.2, 0.25) is 0 Å². The quantitative estimate of drug-likeness (QED) is 0.427. The van der Waals surface area contributed by atoms with E-state index < -0.39 is 6.10 Å². The second kappa shape index (κ2) is 12.6. The van der Waals surface area contributed by atoms with Crippen LogP contribution in [0.4, 0.5) is 0 Å². The first kappa shape index (κ1) is 24.2. The van der Waals surface area contributed by atoms with Crippen LogP contribution >= 0.6 is 12.4 Å². The number of nitrogens with one attached hydrogen (secondary N) is 1. The second-order valence-corrected chi connectivity index (χ2v) is 6.91. The summed E-state index contributed by atoms with van der Waals surface area (Å²) in [7, 11) is 0. The third-order valence-corrected chi connectivity index (χ3v) is 4.65. The molecule has 0 saturated heterocycles. The molecule has 0 aliphatic rings. The molecule has 2 rings (SSSR count). The summed E-state index contributed by atoms with van der Waals surface area (Å²) in [6, 6.07) is 12.9. The highest BCUT2D eigenvalue weighted by molar-refractivity contribution is 5.85. The Kier molecular flexibility index (Phi) is 10.9. The van der Waals surface area contributed by atoms with Gasteiger partial charge < -0.3 is 25.4 Å². The van der Waals surface area contributed by atoms with Crippen molar-refractivity contribution in [1.82, 2.24) is 5.32 Å². The van der Waals surface area contributed by atoms with Crippen LogP contribution in [0.1, 0.15) is 42.6 Å². The molecule has 0 radical (unpaired) electrons. The maximum atomic E-state index is 10.6. The van der Waals surface area contributed by atoms with Gasteiger partial charge in [0.15, 0.2) is 0 Å². The van der Waals surface area contributed by atoms with Crippen molar-refractivity contribution >= 4 is 12.4 Å². The lowest BCUT2D eigenvalue weighted by atomic mass is 9.98. The lowest BCUT2D eigenvalue weighted by Gasteiger charge is -2.22. The number of aromatic hydroxyl groups is 1. The fourth-order valence-corrected chi connectivity index (χ4v) is 3.01. The highest BCUT2D eigenvalue weighted by Gasteiger charge is 2.17. The van der Waals surface area contributed by atoms with Gasteiger partial charge in [0.05, 0.1) is 12.7 Å². The molecular formula is C22H32ClNO4. The zero-order valence-electron chi connectivity index (χ0n) is 16.6. The maximum absolute atomic E-state index is 10.6. The van der Waals surface area contributed by atoms with E-state index in [0.29, 0.717) is 6.61 Å². The van der Waals surface area contributed by atoms with Crippen LogP contribution in [0.5, 0.6) is 11.5 Å². The third-order valence-electron chi connectivity index (χ3n) is 4.65. The van der Waals surface area contributed by atoms with Crippen molar-refractivity contribution in [3.63, 3.8) is 0 Å². The summed E-state index contributed by atoms with van der Waals surface area (Å²) in [5, 5.41) is 32.2. The van der Waals surface area contributed by atoms with Crippen LogP contribution in [0, 0.1) is 6.92 Å². The standard InChI is InChI=1S/C22H31NO4.ClH/c1-16-14-19(25)8-9-21(16)22(26)17(2)23-11-10-18-6-5-7-20(15-18)27-13-4-3-12-24;/h5-9,14-15,17,22-26H,3-4,10-13H2,1-2H3;1H/t17-,22-;/m0./s1. The Bertz CT molecular complexity index is 711. The molecule has 0 heterocycles. The minimum atomic E-state index is -0.633. The van der Waals surface area contributed by atoms with E-state index in [1.807, 2.05) is 32.0 Å². The van der Waals surface area contributed by atoms with Crippen LogP contribution in [-0.2, 0) is 6.42 Å². The van der Waals surface area contributed by atoms with Crippen molar-refractivity contribution in [2.75, 3.05) is 19.8 Å². The van der Waals surface area contributed by atoms with Gasteiger partial charge in [-0.2, -0.15) is 0 Å². The number of ether oxygens (including phenoxy) is 1. The van der Waals surface area contributed by atoms with Gasteiger partial charge in [0.1, 0.15) is 11.5 Å². The molecule has 4 N–H and O–H groups in total. The zero-order chi connectivity index (χ0) is 19.6. The van der Waals surface area contributed by atoms with Gasteiger partial charge in [-0.15, -0.1) is 12.4 Å². The van der Waals surface area contributed by atoms with Crippen molar-refractivity contribution in [3.8, 4) is 11.5 Å². The van der Waals surface area contributed by atoms with Gasteiger partial charge in [-0.05, 0) is 80.6 Å². The van der Waals surface area contributed by atoms with Gasteiger partial charge in [-0.1, -0.05) is 18.2 Å². The SMILES string of the molecule is Cc1cc(O)ccc1[C@@H](O)[C@H](C)NCCc1cccc(OCCCCO)c1.Cl. The number of hydrogen-bond acceptors (Lipinski definition) is 5. The van der Waals surface area contributed by atoms with E-state index >= 15 is 0 Å².